The van der Waals surface area contributed by atoms with E-state index in [1.807, 2.05) is 24.3 Å². The summed E-state index contributed by atoms with van der Waals surface area (Å²) in [4.78, 5) is 13.5. The highest BCUT2D eigenvalue weighted by molar-refractivity contribution is 7.99. The molecule has 1 amide bonds. The zero-order chi connectivity index (χ0) is 18.6. The van der Waals surface area contributed by atoms with E-state index in [1.54, 1.807) is 23.9 Å². The Balaban J connectivity index is 1.52. The summed E-state index contributed by atoms with van der Waals surface area (Å²) in [6.07, 6.45) is 1.73. The van der Waals surface area contributed by atoms with Gasteiger partial charge in [-0.1, -0.05) is 17.7 Å². The molecule has 0 bridgehead atoms. The Kier molecular flexibility index (Phi) is 6.24. The summed E-state index contributed by atoms with van der Waals surface area (Å²) >= 11 is 7.45. The second-order valence-corrected chi connectivity index (χ2v) is 9.30. The first-order valence-corrected chi connectivity index (χ1v) is 11.1. The van der Waals surface area contributed by atoms with Crippen LogP contribution in [0, 0.1) is 0 Å². The van der Waals surface area contributed by atoms with Gasteiger partial charge in [0.2, 0.25) is 10.0 Å². The molecule has 1 aliphatic carbocycles. The molecule has 1 fully saturated rings. The van der Waals surface area contributed by atoms with E-state index >= 15 is 0 Å². The molecule has 26 heavy (non-hydrogen) atoms. The van der Waals surface area contributed by atoms with Crippen LogP contribution in [0.2, 0.25) is 5.02 Å². The van der Waals surface area contributed by atoms with Crippen molar-refractivity contribution in [3.05, 3.63) is 59.1 Å². The Morgan fingerprint density at radius 3 is 2.58 bits per heavy atom. The van der Waals surface area contributed by atoms with Gasteiger partial charge in [-0.15, -0.1) is 11.8 Å². The van der Waals surface area contributed by atoms with Crippen molar-refractivity contribution in [1.29, 1.82) is 0 Å². The minimum atomic E-state index is -3.56. The number of amides is 1. The second kappa shape index (κ2) is 8.43. The van der Waals surface area contributed by atoms with Gasteiger partial charge < -0.3 is 5.32 Å². The first-order valence-electron chi connectivity index (χ1n) is 8.23. The lowest BCUT2D eigenvalue weighted by Crippen LogP contribution is -2.28. The monoisotopic (exact) mass is 410 g/mol. The number of benzene rings is 2. The van der Waals surface area contributed by atoms with Crippen molar-refractivity contribution in [2.45, 2.75) is 28.7 Å². The lowest BCUT2D eigenvalue weighted by Gasteiger charge is -2.08. The molecule has 0 radical (unpaired) electrons. The average Bonchev–Trinajstić information content (AvgIpc) is 3.43. The highest BCUT2D eigenvalue weighted by Crippen LogP contribution is 2.22. The minimum absolute atomic E-state index is 0.0300. The molecule has 2 N–H and O–H groups in total. The molecule has 0 spiro atoms. The summed E-state index contributed by atoms with van der Waals surface area (Å²) in [5.41, 5.74) is 0.333. The van der Waals surface area contributed by atoms with Crippen molar-refractivity contribution in [3.63, 3.8) is 0 Å². The van der Waals surface area contributed by atoms with Crippen molar-refractivity contribution < 1.29 is 13.2 Å². The van der Waals surface area contributed by atoms with E-state index in [1.165, 1.54) is 12.1 Å². The number of rotatable bonds is 8. The standard InChI is InChI=1S/C18H19ClN2O3S2/c19-14-4-8-16(9-5-14)25-11-10-20-18(22)13-2-1-3-17(12-13)26(23,24)21-15-6-7-15/h1-5,8-9,12,15,21H,6-7,10-11H2,(H,20,22). The van der Waals surface area contributed by atoms with Gasteiger partial charge in [0, 0.05) is 33.8 Å². The number of carbonyl (C=O) groups excluding carboxylic acids is 1. The van der Waals surface area contributed by atoms with E-state index in [9.17, 15) is 13.2 Å². The van der Waals surface area contributed by atoms with Gasteiger partial charge in [0.25, 0.3) is 5.91 Å². The van der Waals surface area contributed by atoms with Crippen molar-refractivity contribution in [1.82, 2.24) is 10.0 Å². The molecule has 3 rings (SSSR count). The quantitative estimate of drug-likeness (QED) is 0.517. The maximum atomic E-state index is 12.3. The molecule has 0 heterocycles. The first-order chi connectivity index (χ1) is 12.4. The minimum Gasteiger partial charge on any atom is -0.351 e. The van der Waals surface area contributed by atoms with E-state index in [2.05, 4.69) is 10.0 Å². The number of thioether (sulfide) groups is 1. The van der Waals surface area contributed by atoms with Gasteiger partial charge in [-0.05, 0) is 55.3 Å². The predicted octanol–water partition coefficient (Wildman–Crippen LogP) is 3.30. The highest BCUT2D eigenvalue weighted by Gasteiger charge is 2.28. The fourth-order valence-corrected chi connectivity index (χ4v) is 4.50. The molecule has 138 valence electrons. The molecule has 0 atom stereocenters. The maximum absolute atomic E-state index is 12.3. The van der Waals surface area contributed by atoms with Crippen LogP contribution in [-0.4, -0.2) is 32.7 Å². The van der Waals surface area contributed by atoms with Gasteiger partial charge in [0.05, 0.1) is 4.90 Å². The molecule has 0 saturated heterocycles. The smallest absolute Gasteiger partial charge is 0.251 e. The lowest BCUT2D eigenvalue weighted by atomic mass is 10.2. The van der Waals surface area contributed by atoms with Gasteiger partial charge in [0.15, 0.2) is 0 Å². The SMILES string of the molecule is O=C(NCCSc1ccc(Cl)cc1)c1cccc(S(=O)(=O)NC2CC2)c1. The van der Waals surface area contributed by atoms with E-state index in [-0.39, 0.29) is 16.8 Å². The normalized spacial score (nSPS) is 14.2. The molecule has 0 aromatic heterocycles. The fraction of sp³-hybridized carbons (Fsp3) is 0.278. The van der Waals surface area contributed by atoms with Crippen LogP contribution in [-0.2, 0) is 10.0 Å². The van der Waals surface area contributed by atoms with Crippen LogP contribution in [0.15, 0.2) is 58.3 Å². The number of sulfonamides is 1. The van der Waals surface area contributed by atoms with Crippen molar-refractivity contribution >= 4 is 39.3 Å². The number of halogens is 1. The van der Waals surface area contributed by atoms with Crippen LogP contribution in [0.4, 0.5) is 0 Å². The average molecular weight is 411 g/mol. The summed E-state index contributed by atoms with van der Waals surface area (Å²) in [5.74, 6) is 0.416. The summed E-state index contributed by atoms with van der Waals surface area (Å²) in [7, 11) is -3.56. The summed E-state index contributed by atoms with van der Waals surface area (Å²) in [6.45, 7) is 0.476. The number of hydrogen-bond acceptors (Lipinski definition) is 4. The molecule has 1 saturated carbocycles. The van der Waals surface area contributed by atoms with Gasteiger partial charge in [-0.3, -0.25) is 4.79 Å². The topological polar surface area (TPSA) is 75.3 Å². The van der Waals surface area contributed by atoms with Crippen LogP contribution in [0.3, 0.4) is 0 Å². The zero-order valence-corrected chi connectivity index (χ0v) is 16.3. The van der Waals surface area contributed by atoms with Crippen LogP contribution in [0.5, 0.6) is 0 Å². The third-order valence-corrected chi connectivity index (χ3v) is 6.56. The molecular weight excluding hydrogens is 392 g/mol. The summed E-state index contributed by atoms with van der Waals surface area (Å²) in [6, 6.07) is 13.6. The second-order valence-electron chi connectivity index (χ2n) is 5.98. The van der Waals surface area contributed by atoms with Crippen LogP contribution in [0.25, 0.3) is 0 Å². The molecule has 2 aromatic rings. The Hall–Kier alpha value is -1.54. The highest BCUT2D eigenvalue weighted by atomic mass is 35.5. The number of carbonyl (C=O) groups is 1. The van der Waals surface area contributed by atoms with Gasteiger partial charge in [-0.25, -0.2) is 13.1 Å². The maximum Gasteiger partial charge on any atom is 0.251 e. The summed E-state index contributed by atoms with van der Waals surface area (Å²) in [5, 5.41) is 3.50. The van der Waals surface area contributed by atoms with Crippen LogP contribution < -0.4 is 10.0 Å². The van der Waals surface area contributed by atoms with E-state index < -0.39 is 10.0 Å². The van der Waals surface area contributed by atoms with Crippen molar-refractivity contribution in [2.24, 2.45) is 0 Å². The number of hydrogen-bond donors (Lipinski definition) is 2. The number of nitrogens with one attached hydrogen (secondary N) is 2. The Labute approximate surface area is 162 Å². The molecule has 0 unspecified atom stereocenters. The van der Waals surface area contributed by atoms with E-state index in [0.717, 1.165) is 17.7 Å². The molecule has 2 aromatic carbocycles. The lowest BCUT2D eigenvalue weighted by molar-refractivity contribution is 0.0956. The third kappa shape index (κ3) is 5.48. The Bertz CT molecular complexity index is 882. The summed E-state index contributed by atoms with van der Waals surface area (Å²) < 4.78 is 27.1. The molecule has 0 aliphatic heterocycles. The molecular formula is C18H19ClN2O3S2. The molecule has 8 heteroatoms. The first kappa shape index (κ1) is 19.2. The zero-order valence-electron chi connectivity index (χ0n) is 13.9. The van der Waals surface area contributed by atoms with E-state index in [0.29, 0.717) is 22.9 Å². The predicted molar refractivity (Wildman–Crippen MR) is 104 cm³/mol. The van der Waals surface area contributed by atoms with Crippen molar-refractivity contribution in [3.8, 4) is 0 Å². The largest absolute Gasteiger partial charge is 0.351 e. The van der Waals surface area contributed by atoms with Crippen LogP contribution in [0.1, 0.15) is 23.2 Å². The van der Waals surface area contributed by atoms with Gasteiger partial charge in [-0.2, -0.15) is 0 Å². The van der Waals surface area contributed by atoms with Crippen LogP contribution >= 0.6 is 23.4 Å². The van der Waals surface area contributed by atoms with Gasteiger partial charge >= 0.3 is 0 Å². The molecule has 5 nitrogen and oxygen atoms in total. The fourth-order valence-electron chi connectivity index (χ4n) is 2.26. The molecule has 1 aliphatic rings. The Morgan fingerprint density at radius 2 is 1.88 bits per heavy atom. The van der Waals surface area contributed by atoms with E-state index in [4.69, 9.17) is 11.6 Å². The third-order valence-electron chi connectivity index (χ3n) is 3.78. The Morgan fingerprint density at radius 1 is 1.15 bits per heavy atom. The van der Waals surface area contributed by atoms with Gasteiger partial charge in [0.1, 0.15) is 0 Å². The van der Waals surface area contributed by atoms with Crippen molar-refractivity contribution in [2.75, 3.05) is 12.3 Å².